The lowest BCUT2D eigenvalue weighted by molar-refractivity contribution is 0.0787. The maximum Gasteiger partial charge on any atom is 0.254 e. The lowest BCUT2D eigenvalue weighted by atomic mass is 10.1. The topological polar surface area (TPSA) is 87.9 Å². The van der Waals surface area contributed by atoms with E-state index in [1.54, 1.807) is 30.4 Å². The van der Waals surface area contributed by atoms with Crippen LogP contribution in [0.2, 0.25) is 0 Å². The first-order valence-corrected chi connectivity index (χ1v) is 6.53. The molecule has 3 aromatic rings. The largest absolute Gasteiger partial charge is 0.384 e. The molecule has 2 heterocycles. The zero-order valence-electron chi connectivity index (χ0n) is 11.6. The van der Waals surface area contributed by atoms with Crippen LogP contribution in [0.4, 0.5) is 5.82 Å². The average molecular weight is 281 g/mol. The van der Waals surface area contributed by atoms with Crippen LogP contribution in [0.5, 0.6) is 0 Å². The van der Waals surface area contributed by atoms with Crippen LogP contribution in [0.15, 0.2) is 42.7 Å². The molecule has 3 N–H and O–H groups in total. The highest BCUT2D eigenvalue weighted by molar-refractivity contribution is 6.06. The molecule has 0 bridgehead atoms. The Morgan fingerprint density at radius 3 is 2.95 bits per heavy atom. The van der Waals surface area contributed by atoms with E-state index >= 15 is 0 Å². The number of nitrogens with two attached hydrogens (primary N) is 1. The lowest BCUT2D eigenvalue weighted by Gasteiger charge is -2.17. The molecule has 6 heteroatoms. The third-order valence-electron chi connectivity index (χ3n) is 3.29. The fourth-order valence-corrected chi connectivity index (χ4v) is 2.29. The minimum Gasteiger partial charge on any atom is -0.384 e. The average Bonchev–Trinajstić information content (AvgIpc) is 2.98. The minimum absolute atomic E-state index is 0.0958. The highest BCUT2D eigenvalue weighted by Crippen LogP contribution is 2.21. The number of H-pyrrole nitrogens is 1. The maximum atomic E-state index is 12.6. The summed E-state index contributed by atoms with van der Waals surface area (Å²) >= 11 is 0. The van der Waals surface area contributed by atoms with Crippen LogP contribution in [0.1, 0.15) is 15.9 Å². The van der Waals surface area contributed by atoms with Crippen molar-refractivity contribution in [2.24, 2.45) is 0 Å². The molecule has 0 unspecified atom stereocenters. The molecule has 0 aliphatic carbocycles. The Morgan fingerprint density at radius 2 is 2.19 bits per heavy atom. The number of aromatic nitrogens is 3. The molecular weight excluding hydrogens is 266 g/mol. The van der Waals surface area contributed by atoms with Crippen LogP contribution in [-0.2, 0) is 6.54 Å². The molecule has 0 aliphatic heterocycles. The van der Waals surface area contributed by atoms with Crippen molar-refractivity contribution in [1.82, 2.24) is 20.1 Å². The van der Waals surface area contributed by atoms with E-state index in [1.807, 2.05) is 24.3 Å². The number of benzene rings is 1. The summed E-state index contributed by atoms with van der Waals surface area (Å²) < 4.78 is 0. The van der Waals surface area contributed by atoms with Crippen LogP contribution >= 0.6 is 0 Å². The van der Waals surface area contributed by atoms with Gasteiger partial charge in [-0.25, -0.2) is 4.98 Å². The Labute approximate surface area is 121 Å². The smallest absolute Gasteiger partial charge is 0.254 e. The predicted molar refractivity (Wildman–Crippen MR) is 80.5 cm³/mol. The molecule has 0 radical (unpaired) electrons. The fourth-order valence-electron chi connectivity index (χ4n) is 2.29. The molecule has 0 fully saturated rings. The predicted octanol–water partition coefficient (Wildman–Crippen LogP) is 1.81. The monoisotopic (exact) mass is 281 g/mol. The SMILES string of the molecule is CN(Cc1cn[nH]c1)C(=O)c1cc(N)nc2ccccc12. The van der Waals surface area contributed by atoms with Gasteiger partial charge in [-0.3, -0.25) is 9.89 Å². The van der Waals surface area contributed by atoms with Crippen LogP contribution in [0.3, 0.4) is 0 Å². The summed E-state index contributed by atoms with van der Waals surface area (Å²) in [6.45, 7) is 0.478. The third-order valence-corrected chi connectivity index (χ3v) is 3.29. The van der Waals surface area contributed by atoms with E-state index in [-0.39, 0.29) is 5.91 Å². The maximum absolute atomic E-state index is 12.6. The normalized spacial score (nSPS) is 10.7. The Kier molecular flexibility index (Phi) is 3.27. The Bertz CT molecular complexity index is 782. The quantitative estimate of drug-likeness (QED) is 0.766. The number of fused-ring (bicyclic) bond motifs is 1. The highest BCUT2D eigenvalue weighted by Gasteiger charge is 2.16. The van der Waals surface area contributed by atoms with Gasteiger partial charge in [-0.05, 0) is 12.1 Å². The first-order chi connectivity index (χ1) is 10.1. The number of amides is 1. The molecule has 6 nitrogen and oxygen atoms in total. The number of aromatic amines is 1. The van der Waals surface area contributed by atoms with E-state index in [0.29, 0.717) is 17.9 Å². The number of anilines is 1. The van der Waals surface area contributed by atoms with Gasteiger partial charge in [0.2, 0.25) is 0 Å². The van der Waals surface area contributed by atoms with E-state index in [1.165, 1.54) is 0 Å². The van der Waals surface area contributed by atoms with Crippen molar-refractivity contribution in [3.05, 3.63) is 53.9 Å². The van der Waals surface area contributed by atoms with Gasteiger partial charge in [0, 0.05) is 30.7 Å². The fraction of sp³-hybridized carbons (Fsp3) is 0.133. The number of para-hydroxylation sites is 1. The van der Waals surface area contributed by atoms with E-state index < -0.39 is 0 Å². The van der Waals surface area contributed by atoms with Crippen LogP contribution in [-0.4, -0.2) is 33.0 Å². The molecule has 106 valence electrons. The van der Waals surface area contributed by atoms with Gasteiger partial charge in [0.1, 0.15) is 5.82 Å². The zero-order chi connectivity index (χ0) is 14.8. The van der Waals surface area contributed by atoms with Crippen molar-refractivity contribution >= 4 is 22.6 Å². The molecule has 1 amide bonds. The van der Waals surface area contributed by atoms with Gasteiger partial charge in [0.25, 0.3) is 5.91 Å². The molecule has 21 heavy (non-hydrogen) atoms. The van der Waals surface area contributed by atoms with Gasteiger partial charge in [0.15, 0.2) is 0 Å². The Balaban J connectivity index is 1.97. The van der Waals surface area contributed by atoms with Crippen molar-refractivity contribution in [3.8, 4) is 0 Å². The first-order valence-electron chi connectivity index (χ1n) is 6.53. The van der Waals surface area contributed by atoms with Crippen molar-refractivity contribution in [2.75, 3.05) is 12.8 Å². The van der Waals surface area contributed by atoms with Crippen molar-refractivity contribution in [2.45, 2.75) is 6.54 Å². The second-order valence-corrected chi connectivity index (χ2v) is 4.88. The number of hydrogen-bond acceptors (Lipinski definition) is 4. The van der Waals surface area contributed by atoms with Gasteiger partial charge >= 0.3 is 0 Å². The molecule has 0 spiro atoms. The number of carbonyl (C=O) groups is 1. The van der Waals surface area contributed by atoms with Gasteiger partial charge < -0.3 is 10.6 Å². The number of hydrogen-bond donors (Lipinski definition) is 2. The molecular formula is C15H15N5O. The van der Waals surface area contributed by atoms with Crippen molar-refractivity contribution in [3.63, 3.8) is 0 Å². The molecule has 0 atom stereocenters. The van der Waals surface area contributed by atoms with E-state index in [4.69, 9.17) is 5.73 Å². The number of nitrogens with one attached hydrogen (secondary N) is 1. The van der Waals surface area contributed by atoms with Gasteiger partial charge in [-0.2, -0.15) is 5.10 Å². The third kappa shape index (κ3) is 2.55. The summed E-state index contributed by atoms with van der Waals surface area (Å²) in [6, 6.07) is 9.10. The van der Waals surface area contributed by atoms with E-state index in [9.17, 15) is 4.79 Å². The number of pyridine rings is 1. The highest BCUT2D eigenvalue weighted by atomic mass is 16.2. The molecule has 0 saturated carbocycles. The van der Waals surface area contributed by atoms with Crippen LogP contribution in [0.25, 0.3) is 10.9 Å². The van der Waals surface area contributed by atoms with Crippen LogP contribution in [0, 0.1) is 0 Å². The summed E-state index contributed by atoms with van der Waals surface area (Å²) in [6.07, 6.45) is 3.46. The second kappa shape index (κ2) is 5.24. The van der Waals surface area contributed by atoms with E-state index in [0.717, 1.165) is 16.5 Å². The Morgan fingerprint density at radius 1 is 1.38 bits per heavy atom. The summed E-state index contributed by atoms with van der Waals surface area (Å²) in [5.41, 5.74) is 8.02. The van der Waals surface area contributed by atoms with Crippen molar-refractivity contribution < 1.29 is 4.79 Å². The second-order valence-electron chi connectivity index (χ2n) is 4.88. The summed E-state index contributed by atoms with van der Waals surface area (Å²) in [4.78, 5) is 18.5. The van der Waals surface area contributed by atoms with Gasteiger partial charge in [-0.15, -0.1) is 0 Å². The summed E-state index contributed by atoms with van der Waals surface area (Å²) in [7, 11) is 1.75. The van der Waals surface area contributed by atoms with Gasteiger partial charge in [-0.1, -0.05) is 18.2 Å². The summed E-state index contributed by atoms with van der Waals surface area (Å²) in [5, 5.41) is 7.41. The van der Waals surface area contributed by atoms with Crippen molar-refractivity contribution in [1.29, 1.82) is 0 Å². The number of nitrogen functional groups attached to an aromatic ring is 1. The zero-order valence-corrected chi connectivity index (χ0v) is 11.6. The summed E-state index contributed by atoms with van der Waals surface area (Å²) in [5.74, 6) is 0.246. The van der Waals surface area contributed by atoms with Crippen LogP contribution < -0.4 is 5.73 Å². The molecule has 0 aliphatic rings. The molecule has 3 rings (SSSR count). The molecule has 0 saturated heterocycles. The van der Waals surface area contributed by atoms with Gasteiger partial charge in [0.05, 0.1) is 17.3 Å². The standard InChI is InChI=1S/C15H15N5O/c1-20(9-10-7-17-18-8-10)15(21)12-6-14(16)19-13-5-3-2-4-11(12)13/h2-8H,9H2,1H3,(H2,16,19)(H,17,18). The number of nitrogens with zero attached hydrogens (tertiary/aromatic N) is 3. The first kappa shape index (κ1) is 13.1. The molecule has 2 aromatic heterocycles. The lowest BCUT2D eigenvalue weighted by Crippen LogP contribution is -2.26. The van der Waals surface area contributed by atoms with E-state index in [2.05, 4.69) is 15.2 Å². The number of rotatable bonds is 3. The molecule has 1 aromatic carbocycles. The Hall–Kier alpha value is -2.89. The minimum atomic E-state index is -0.0958. The number of carbonyl (C=O) groups excluding carboxylic acids is 1.